The third kappa shape index (κ3) is 3.41. The summed E-state index contributed by atoms with van der Waals surface area (Å²) in [6.45, 7) is 4.18. The van der Waals surface area contributed by atoms with E-state index in [-0.39, 0.29) is 22.8 Å². The topological polar surface area (TPSA) is 88.3 Å². The van der Waals surface area contributed by atoms with Crippen LogP contribution in [0.25, 0.3) is 0 Å². The maximum absolute atomic E-state index is 12.1. The Morgan fingerprint density at radius 2 is 2.06 bits per heavy atom. The lowest BCUT2D eigenvalue weighted by Gasteiger charge is -2.32. The van der Waals surface area contributed by atoms with E-state index in [4.69, 9.17) is 5.73 Å². The van der Waals surface area contributed by atoms with Crippen LogP contribution in [0.2, 0.25) is 0 Å². The highest BCUT2D eigenvalue weighted by atomic mass is 32.2. The number of aromatic nitrogens is 1. The molecule has 0 aliphatic carbocycles. The Kier molecular flexibility index (Phi) is 4.31. The van der Waals surface area contributed by atoms with Crippen molar-refractivity contribution in [3.8, 4) is 0 Å². The van der Waals surface area contributed by atoms with Crippen LogP contribution in [0.5, 0.6) is 0 Å². The van der Waals surface area contributed by atoms with Gasteiger partial charge in [0.15, 0.2) is 0 Å². The molecule has 1 heterocycles. The molecule has 7 heteroatoms. The Bertz CT molecular complexity index is 512. The quantitative estimate of drug-likeness (QED) is 0.804. The summed E-state index contributed by atoms with van der Waals surface area (Å²) < 4.78 is 26.7. The summed E-state index contributed by atoms with van der Waals surface area (Å²) in [4.78, 5) is 5.73. The number of rotatable bonds is 5. The van der Waals surface area contributed by atoms with Crippen LogP contribution >= 0.6 is 0 Å². The predicted molar refractivity (Wildman–Crippen MR) is 71.6 cm³/mol. The second kappa shape index (κ2) is 5.21. The molecule has 0 spiro atoms. The number of nitrogens with two attached hydrogens (primary N) is 1. The molecule has 6 nitrogen and oxygen atoms in total. The standard InChI is InChI=1S/C11H20N4O2S/c1-11(2,15(3)4)8-14-18(16,17)9-6-5-7-13-10(9)12/h5-7,14H,8H2,1-4H3,(H2,12,13). The summed E-state index contributed by atoms with van der Waals surface area (Å²) in [7, 11) is 0.169. The van der Waals surface area contributed by atoms with Crippen LogP contribution in [0.15, 0.2) is 23.2 Å². The number of likely N-dealkylation sites (N-methyl/N-ethyl adjacent to an activating group) is 1. The lowest BCUT2D eigenvalue weighted by molar-refractivity contribution is 0.199. The largest absolute Gasteiger partial charge is 0.383 e. The second-order valence-electron chi connectivity index (χ2n) is 4.92. The van der Waals surface area contributed by atoms with E-state index >= 15 is 0 Å². The van der Waals surface area contributed by atoms with Crippen molar-refractivity contribution in [3.63, 3.8) is 0 Å². The molecule has 0 radical (unpaired) electrons. The van der Waals surface area contributed by atoms with Crippen LogP contribution in [0, 0.1) is 0 Å². The van der Waals surface area contributed by atoms with Crippen molar-refractivity contribution in [2.24, 2.45) is 0 Å². The van der Waals surface area contributed by atoms with Crippen LogP contribution in [0.4, 0.5) is 5.82 Å². The zero-order chi connectivity index (χ0) is 14.0. The maximum Gasteiger partial charge on any atom is 0.244 e. The summed E-state index contributed by atoms with van der Waals surface area (Å²) >= 11 is 0. The fourth-order valence-corrected chi connectivity index (χ4v) is 2.42. The Morgan fingerprint density at radius 1 is 1.44 bits per heavy atom. The van der Waals surface area contributed by atoms with E-state index in [9.17, 15) is 8.42 Å². The predicted octanol–water partition coefficient (Wildman–Crippen LogP) is 0.282. The number of hydrogen-bond donors (Lipinski definition) is 2. The minimum atomic E-state index is -3.62. The van der Waals surface area contributed by atoms with Crippen molar-refractivity contribution >= 4 is 15.8 Å². The number of nitrogens with one attached hydrogen (secondary N) is 1. The van der Waals surface area contributed by atoms with E-state index in [0.29, 0.717) is 0 Å². The zero-order valence-electron chi connectivity index (χ0n) is 11.1. The van der Waals surface area contributed by atoms with Gasteiger partial charge in [-0.2, -0.15) is 0 Å². The number of hydrogen-bond acceptors (Lipinski definition) is 5. The molecule has 0 aliphatic rings. The van der Waals surface area contributed by atoms with Crippen LogP contribution < -0.4 is 10.5 Å². The fourth-order valence-electron chi connectivity index (χ4n) is 1.14. The summed E-state index contributed by atoms with van der Waals surface area (Å²) in [6, 6.07) is 2.98. The first-order valence-electron chi connectivity index (χ1n) is 5.54. The van der Waals surface area contributed by atoms with Gasteiger partial charge in [-0.1, -0.05) is 0 Å². The van der Waals surface area contributed by atoms with Gasteiger partial charge in [-0.3, -0.25) is 0 Å². The van der Waals surface area contributed by atoms with Gasteiger partial charge < -0.3 is 10.6 Å². The summed E-state index contributed by atoms with van der Waals surface area (Å²) in [5.74, 6) is 0.00709. The van der Waals surface area contributed by atoms with Gasteiger partial charge in [-0.25, -0.2) is 18.1 Å². The van der Waals surface area contributed by atoms with Gasteiger partial charge in [0.05, 0.1) is 0 Å². The second-order valence-corrected chi connectivity index (χ2v) is 6.65. The normalized spacial score (nSPS) is 12.9. The molecule has 0 unspecified atom stereocenters. The van der Waals surface area contributed by atoms with Gasteiger partial charge in [-0.15, -0.1) is 0 Å². The monoisotopic (exact) mass is 272 g/mol. The van der Waals surface area contributed by atoms with Gasteiger partial charge >= 0.3 is 0 Å². The smallest absolute Gasteiger partial charge is 0.244 e. The molecule has 0 atom stereocenters. The number of anilines is 1. The SMILES string of the molecule is CN(C)C(C)(C)CNS(=O)(=O)c1cccnc1N. The number of sulfonamides is 1. The molecule has 18 heavy (non-hydrogen) atoms. The fraction of sp³-hybridized carbons (Fsp3) is 0.545. The first kappa shape index (κ1) is 14.9. The molecular weight excluding hydrogens is 252 g/mol. The molecule has 0 fully saturated rings. The number of nitrogen functional groups attached to an aromatic ring is 1. The van der Waals surface area contributed by atoms with Crippen LogP contribution in [-0.4, -0.2) is 44.5 Å². The molecule has 0 bridgehead atoms. The van der Waals surface area contributed by atoms with Crippen LogP contribution in [0.3, 0.4) is 0 Å². The van der Waals surface area contributed by atoms with Crippen LogP contribution in [-0.2, 0) is 10.0 Å². The molecule has 0 saturated carbocycles. The Balaban J connectivity index is 2.88. The molecule has 0 amide bonds. The van der Waals surface area contributed by atoms with Crippen molar-refractivity contribution in [1.29, 1.82) is 0 Å². The minimum Gasteiger partial charge on any atom is -0.383 e. The first-order chi connectivity index (χ1) is 8.17. The highest BCUT2D eigenvalue weighted by molar-refractivity contribution is 7.89. The van der Waals surface area contributed by atoms with E-state index in [1.165, 1.54) is 12.3 Å². The number of pyridine rings is 1. The molecule has 0 aromatic carbocycles. The van der Waals surface area contributed by atoms with Gasteiger partial charge in [0, 0.05) is 18.3 Å². The summed E-state index contributed by atoms with van der Waals surface area (Å²) in [6.07, 6.45) is 1.46. The Labute approximate surface area is 108 Å². The molecule has 102 valence electrons. The number of nitrogens with zero attached hydrogens (tertiary/aromatic N) is 2. The van der Waals surface area contributed by atoms with Gasteiger partial charge in [0.25, 0.3) is 0 Å². The van der Waals surface area contributed by atoms with E-state index in [1.807, 2.05) is 32.8 Å². The summed E-state index contributed by atoms with van der Waals surface area (Å²) in [5.41, 5.74) is 5.28. The highest BCUT2D eigenvalue weighted by Gasteiger charge is 2.25. The minimum absolute atomic E-state index is 0.00709. The Morgan fingerprint density at radius 3 is 2.56 bits per heavy atom. The molecule has 1 aromatic rings. The van der Waals surface area contributed by atoms with Crippen molar-refractivity contribution in [1.82, 2.24) is 14.6 Å². The van der Waals surface area contributed by atoms with Gasteiger partial charge in [0.2, 0.25) is 10.0 Å². The van der Waals surface area contributed by atoms with Crippen molar-refractivity contribution in [2.45, 2.75) is 24.3 Å². The van der Waals surface area contributed by atoms with Crippen LogP contribution in [0.1, 0.15) is 13.8 Å². The summed E-state index contributed by atoms with van der Waals surface area (Å²) in [5, 5.41) is 0. The van der Waals surface area contributed by atoms with Crippen molar-refractivity contribution < 1.29 is 8.42 Å². The lowest BCUT2D eigenvalue weighted by atomic mass is 10.1. The molecule has 0 aliphatic heterocycles. The third-order valence-electron chi connectivity index (χ3n) is 2.99. The van der Waals surface area contributed by atoms with E-state index in [2.05, 4.69) is 9.71 Å². The molecular formula is C11H20N4O2S. The molecule has 3 N–H and O–H groups in total. The zero-order valence-corrected chi connectivity index (χ0v) is 12.0. The van der Waals surface area contributed by atoms with Gasteiger partial charge in [-0.05, 0) is 40.1 Å². The first-order valence-corrected chi connectivity index (χ1v) is 7.03. The highest BCUT2D eigenvalue weighted by Crippen LogP contribution is 2.16. The van der Waals surface area contributed by atoms with Gasteiger partial charge in [0.1, 0.15) is 10.7 Å². The van der Waals surface area contributed by atoms with E-state index in [1.54, 1.807) is 6.07 Å². The van der Waals surface area contributed by atoms with E-state index < -0.39 is 10.0 Å². The average Bonchev–Trinajstić information content (AvgIpc) is 2.27. The third-order valence-corrected chi connectivity index (χ3v) is 4.44. The Hall–Kier alpha value is -1.18. The van der Waals surface area contributed by atoms with E-state index in [0.717, 1.165) is 0 Å². The van der Waals surface area contributed by atoms with Crippen molar-refractivity contribution in [2.75, 3.05) is 26.4 Å². The molecule has 1 rings (SSSR count). The van der Waals surface area contributed by atoms with Crippen molar-refractivity contribution in [3.05, 3.63) is 18.3 Å². The maximum atomic E-state index is 12.1. The lowest BCUT2D eigenvalue weighted by Crippen LogP contribution is -2.48. The molecule has 1 aromatic heterocycles. The molecule has 0 saturated heterocycles. The average molecular weight is 272 g/mol.